The van der Waals surface area contributed by atoms with Crippen molar-refractivity contribution in [1.29, 1.82) is 0 Å². The molecule has 0 saturated heterocycles. The van der Waals surface area contributed by atoms with Crippen molar-refractivity contribution in [3.8, 4) is 11.5 Å². The monoisotopic (exact) mass is 269 g/mol. The van der Waals surface area contributed by atoms with Gasteiger partial charge in [-0.15, -0.1) is 11.8 Å². The Hall–Kier alpha value is -0.870. The number of nitrogens with two attached hydrogens (primary N) is 1. The lowest BCUT2D eigenvalue weighted by molar-refractivity contribution is 0.386. The highest BCUT2D eigenvalue weighted by Crippen LogP contribution is 2.35. The van der Waals surface area contributed by atoms with E-state index >= 15 is 0 Å². The van der Waals surface area contributed by atoms with Crippen LogP contribution in [-0.2, 0) is 6.42 Å². The zero-order valence-electron chi connectivity index (χ0n) is 11.7. The van der Waals surface area contributed by atoms with Gasteiger partial charge < -0.3 is 15.2 Å². The number of hydrogen-bond donors (Lipinski definition) is 1. The van der Waals surface area contributed by atoms with E-state index in [1.54, 1.807) is 26.0 Å². The smallest absolute Gasteiger partial charge is 0.132 e. The van der Waals surface area contributed by atoms with Gasteiger partial charge in [0.2, 0.25) is 0 Å². The molecule has 1 rings (SSSR count). The Morgan fingerprint density at radius 3 is 2.33 bits per heavy atom. The van der Waals surface area contributed by atoms with Gasteiger partial charge in [0, 0.05) is 0 Å². The van der Waals surface area contributed by atoms with Crippen LogP contribution in [0, 0.1) is 5.92 Å². The predicted molar refractivity (Wildman–Crippen MR) is 77.9 cm³/mol. The predicted octanol–water partition coefficient (Wildman–Crippen LogP) is 2.95. The van der Waals surface area contributed by atoms with Crippen molar-refractivity contribution in [2.24, 2.45) is 11.7 Å². The Balaban J connectivity index is 3.08. The molecule has 4 heteroatoms. The van der Waals surface area contributed by atoms with E-state index in [2.05, 4.69) is 13.0 Å². The van der Waals surface area contributed by atoms with Crippen LogP contribution in [0.25, 0.3) is 0 Å². The Morgan fingerprint density at radius 1 is 1.22 bits per heavy atom. The van der Waals surface area contributed by atoms with Gasteiger partial charge in [-0.1, -0.05) is 13.3 Å². The highest BCUT2D eigenvalue weighted by Gasteiger charge is 2.14. The fraction of sp³-hybridized carbons (Fsp3) is 0.571. The molecule has 0 amide bonds. The van der Waals surface area contributed by atoms with Crippen LogP contribution in [0.3, 0.4) is 0 Å². The number of benzene rings is 1. The molecule has 0 spiro atoms. The minimum absolute atomic E-state index is 0.490. The second-order valence-electron chi connectivity index (χ2n) is 4.23. The summed E-state index contributed by atoms with van der Waals surface area (Å²) in [4.78, 5) is 1.10. The Kier molecular flexibility index (Phi) is 6.36. The van der Waals surface area contributed by atoms with Crippen LogP contribution in [0.15, 0.2) is 17.0 Å². The van der Waals surface area contributed by atoms with E-state index in [0.29, 0.717) is 12.5 Å². The summed E-state index contributed by atoms with van der Waals surface area (Å²) in [5.41, 5.74) is 6.94. The van der Waals surface area contributed by atoms with E-state index in [4.69, 9.17) is 15.2 Å². The van der Waals surface area contributed by atoms with E-state index in [9.17, 15) is 0 Å². The van der Waals surface area contributed by atoms with Crippen molar-refractivity contribution in [2.75, 3.05) is 27.0 Å². The van der Waals surface area contributed by atoms with Crippen LogP contribution in [-0.4, -0.2) is 27.0 Å². The van der Waals surface area contributed by atoms with Crippen molar-refractivity contribution in [3.63, 3.8) is 0 Å². The molecule has 18 heavy (non-hydrogen) atoms. The summed E-state index contributed by atoms with van der Waals surface area (Å²) in [6, 6.07) is 4.12. The summed E-state index contributed by atoms with van der Waals surface area (Å²) < 4.78 is 10.9. The van der Waals surface area contributed by atoms with Crippen LogP contribution in [0.1, 0.15) is 18.9 Å². The van der Waals surface area contributed by atoms with Gasteiger partial charge >= 0.3 is 0 Å². The molecular formula is C14H23NO2S. The van der Waals surface area contributed by atoms with Crippen LogP contribution in [0.4, 0.5) is 0 Å². The van der Waals surface area contributed by atoms with Crippen molar-refractivity contribution in [1.82, 2.24) is 0 Å². The van der Waals surface area contributed by atoms with Gasteiger partial charge in [-0.3, -0.25) is 0 Å². The second-order valence-corrected chi connectivity index (χ2v) is 5.08. The molecule has 102 valence electrons. The molecule has 0 aliphatic rings. The average Bonchev–Trinajstić information content (AvgIpc) is 2.43. The topological polar surface area (TPSA) is 44.5 Å². The normalized spacial score (nSPS) is 12.3. The van der Waals surface area contributed by atoms with Crippen molar-refractivity contribution >= 4 is 11.8 Å². The maximum Gasteiger partial charge on any atom is 0.132 e. The molecule has 0 fully saturated rings. The highest BCUT2D eigenvalue weighted by atomic mass is 32.2. The lowest BCUT2D eigenvalue weighted by Gasteiger charge is -2.17. The van der Waals surface area contributed by atoms with E-state index in [1.807, 2.05) is 12.3 Å². The molecule has 0 heterocycles. The highest BCUT2D eigenvalue weighted by molar-refractivity contribution is 7.98. The van der Waals surface area contributed by atoms with Gasteiger partial charge in [-0.05, 0) is 42.8 Å². The molecule has 3 nitrogen and oxygen atoms in total. The summed E-state index contributed by atoms with van der Waals surface area (Å²) in [5, 5.41) is 0. The van der Waals surface area contributed by atoms with E-state index in [1.165, 1.54) is 5.56 Å². The van der Waals surface area contributed by atoms with Gasteiger partial charge in [-0.25, -0.2) is 0 Å². The van der Waals surface area contributed by atoms with Crippen molar-refractivity contribution < 1.29 is 9.47 Å². The standard InChI is InChI=1S/C14H23NO2S/c1-5-10(9-15)6-11-7-13(17-3)14(18-4)8-12(11)16-2/h7-8,10H,5-6,9,15H2,1-4H3. The number of rotatable bonds is 7. The largest absolute Gasteiger partial charge is 0.496 e. The quantitative estimate of drug-likeness (QED) is 0.773. The summed E-state index contributed by atoms with van der Waals surface area (Å²) in [7, 11) is 3.41. The van der Waals surface area contributed by atoms with Crippen molar-refractivity contribution in [2.45, 2.75) is 24.7 Å². The van der Waals surface area contributed by atoms with E-state index in [0.717, 1.165) is 29.2 Å². The zero-order chi connectivity index (χ0) is 13.5. The van der Waals surface area contributed by atoms with Gasteiger partial charge in [0.05, 0.1) is 19.1 Å². The number of ether oxygens (including phenoxy) is 2. The van der Waals surface area contributed by atoms with Crippen LogP contribution in [0.2, 0.25) is 0 Å². The molecule has 1 aromatic rings. The zero-order valence-corrected chi connectivity index (χ0v) is 12.5. The van der Waals surface area contributed by atoms with Gasteiger partial charge in [0.25, 0.3) is 0 Å². The van der Waals surface area contributed by atoms with Gasteiger partial charge in [0.15, 0.2) is 0 Å². The third-order valence-electron chi connectivity index (χ3n) is 3.21. The van der Waals surface area contributed by atoms with Crippen LogP contribution < -0.4 is 15.2 Å². The molecule has 0 aliphatic heterocycles. The van der Waals surface area contributed by atoms with Gasteiger partial charge in [-0.2, -0.15) is 0 Å². The molecular weight excluding hydrogens is 246 g/mol. The molecule has 0 saturated carbocycles. The maximum atomic E-state index is 5.77. The molecule has 0 aliphatic carbocycles. The third-order valence-corrected chi connectivity index (χ3v) is 3.96. The lowest BCUT2D eigenvalue weighted by Crippen LogP contribution is -2.16. The van der Waals surface area contributed by atoms with Crippen LogP contribution >= 0.6 is 11.8 Å². The van der Waals surface area contributed by atoms with E-state index in [-0.39, 0.29) is 0 Å². The summed E-state index contributed by atoms with van der Waals surface area (Å²) in [5.74, 6) is 2.32. The average molecular weight is 269 g/mol. The summed E-state index contributed by atoms with van der Waals surface area (Å²) in [6.45, 7) is 2.86. The number of methoxy groups -OCH3 is 2. The number of hydrogen-bond acceptors (Lipinski definition) is 4. The minimum atomic E-state index is 0.490. The molecule has 1 unspecified atom stereocenters. The Morgan fingerprint density at radius 2 is 1.89 bits per heavy atom. The SMILES string of the molecule is CCC(CN)Cc1cc(OC)c(SC)cc1OC. The third kappa shape index (κ3) is 3.56. The fourth-order valence-electron chi connectivity index (χ4n) is 1.96. The van der Waals surface area contributed by atoms with E-state index < -0.39 is 0 Å². The lowest BCUT2D eigenvalue weighted by atomic mass is 9.96. The first kappa shape index (κ1) is 15.2. The van der Waals surface area contributed by atoms with Crippen molar-refractivity contribution in [3.05, 3.63) is 17.7 Å². The minimum Gasteiger partial charge on any atom is -0.496 e. The maximum absolute atomic E-state index is 5.77. The fourth-order valence-corrected chi connectivity index (χ4v) is 2.53. The Bertz CT molecular complexity index is 378. The summed E-state index contributed by atoms with van der Waals surface area (Å²) in [6.07, 6.45) is 4.04. The molecule has 2 N–H and O–H groups in total. The van der Waals surface area contributed by atoms with Crippen LogP contribution in [0.5, 0.6) is 11.5 Å². The van der Waals surface area contributed by atoms with Gasteiger partial charge in [0.1, 0.15) is 11.5 Å². The first-order valence-electron chi connectivity index (χ1n) is 6.19. The first-order chi connectivity index (χ1) is 8.69. The molecule has 0 aromatic heterocycles. The molecule has 0 bridgehead atoms. The Labute approximate surface area is 114 Å². The molecule has 0 radical (unpaired) electrons. The second kappa shape index (κ2) is 7.54. The first-order valence-corrected chi connectivity index (χ1v) is 7.41. The molecule has 1 aromatic carbocycles. The number of thioether (sulfide) groups is 1. The molecule has 1 atom stereocenters. The summed E-state index contributed by atoms with van der Waals surface area (Å²) >= 11 is 1.66.